The first-order valence-corrected chi connectivity index (χ1v) is 6.92. The Hall–Kier alpha value is -1.99. The number of carbonyl (C=O) groups excluding carboxylic acids is 1. The minimum atomic E-state index is 0.0173. The van der Waals surface area contributed by atoms with Gasteiger partial charge in [-0.25, -0.2) is 0 Å². The third kappa shape index (κ3) is 2.94. The molecule has 1 unspecified atom stereocenters. The van der Waals surface area contributed by atoms with Crippen LogP contribution in [0.5, 0.6) is 0 Å². The highest BCUT2D eigenvalue weighted by atomic mass is 16.3. The zero-order valence-electron chi connectivity index (χ0n) is 11.7. The molecule has 4 heteroatoms. The zero-order valence-corrected chi connectivity index (χ0v) is 11.7. The Bertz CT molecular complexity index is 504. The molecule has 0 bridgehead atoms. The van der Waals surface area contributed by atoms with E-state index in [9.17, 15) is 4.79 Å². The number of aliphatic hydroxyl groups excluding tert-OH is 1. The van der Waals surface area contributed by atoms with Crippen molar-refractivity contribution in [2.75, 3.05) is 36.0 Å². The van der Waals surface area contributed by atoms with E-state index in [1.54, 1.807) is 4.90 Å². The van der Waals surface area contributed by atoms with E-state index >= 15 is 0 Å². The Labute approximate surface area is 120 Å². The van der Waals surface area contributed by atoms with E-state index in [0.29, 0.717) is 19.5 Å². The van der Waals surface area contributed by atoms with Gasteiger partial charge in [0.15, 0.2) is 0 Å². The van der Waals surface area contributed by atoms with Gasteiger partial charge in [-0.15, -0.1) is 12.3 Å². The molecule has 1 heterocycles. The van der Waals surface area contributed by atoms with Crippen LogP contribution in [-0.4, -0.2) is 37.3 Å². The molecule has 0 radical (unpaired) electrons. The molecule has 1 fully saturated rings. The number of carbonyl (C=O) groups is 1. The molecule has 4 nitrogen and oxygen atoms in total. The van der Waals surface area contributed by atoms with Crippen LogP contribution in [0.1, 0.15) is 13.3 Å². The van der Waals surface area contributed by atoms with Crippen molar-refractivity contribution in [3.05, 3.63) is 24.3 Å². The molecule has 2 rings (SSSR count). The normalized spacial score (nSPS) is 18.1. The van der Waals surface area contributed by atoms with Crippen LogP contribution in [0.3, 0.4) is 0 Å². The highest BCUT2D eigenvalue weighted by molar-refractivity contribution is 5.96. The van der Waals surface area contributed by atoms with Gasteiger partial charge in [-0.3, -0.25) is 4.79 Å². The Morgan fingerprint density at radius 3 is 2.65 bits per heavy atom. The topological polar surface area (TPSA) is 43.8 Å². The van der Waals surface area contributed by atoms with E-state index in [2.05, 4.69) is 10.8 Å². The van der Waals surface area contributed by atoms with Gasteiger partial charge in [0.1, 0.15) is 0 Å². The average molecular weight is 272 g/mol. The quantitative estimate of drug-likeness (QED) is 0.826. The smallest absolute Gasteiger partial charge is 0.228 e. The number of amides is 1. The highest BCUT2D eigenvalue weighted by Crippen LogP contribution is 2.26. The van der Waals surface area contributed by atoms with Crippen LogP contribution in [0, 0.1) is 18.3 Å². The zero-order chi connectivity index (χ0) is 14.5. The monoisotopic (exact) mass is 272 g/mol. The second-order valence-electron chi connectivity index (χ2n) is 4.89. The van der Waals surface area contributed by atoms with E-state index < -0.39 is 0 Å². The molecule has 1 aliphatic heterocycles. The van der Waals surface area contributed by atoms with Crippen molar-refractivity contribution < 1.29 is 9.90 Å². The van der Waals surface area contributed by atoms with Crippen LogP contribution in [0.2, 0.25) is 0 Å². The number of hydrogen-bond acceptors (Lipinski definition) is 3. The molecule has 1 aromatic carbocycles. The third-order valence-electron chi connectivity index (χ3n) is 3.64. The molecule has 1 saturated heterocycles. The summed E-state index contributed by atoms with van der Waals surface area (Å²) >= 11 is 0. The predicted octanol–water partition coefficient (Wildman–Crippen LogP) is 1.49. The lowest BCUT2D eigenvalue weighted by Crippen LogP contribution is -2.27. The summed E-state index contributed by atoms with van der Waals surface area (Å²) in [6.45, 7) is 4.22. The first kappa shape index (κ1) is 14.4. The molecular weight excluding hydrogens is 252 g/mol. The van der Waals surface area contributed by atoms with Gasteiger partial charge in [-0.1, -0.05) is 0 Å². The van der Waals surface area contributed by atoms with Gasteiger partial charge < -0.3 is 14.9 Å². The molecule has 1 aliphatic rings. The van der Waals surface area contributed by atoms with Crippen molar-refractivity contribution in [3.8, 4) is 12.3 Å². The fraction of sp³-hybridized carbons (Fsp3) is 0.438. The van der Waals surface area contributed by atoms with E-state index in [-0.39, 0.29) is 18.4 Å². The molecule has 0 spiro atoms. The van der Waals surface area contributed by atoms with Crippen LogP contribution < -0.4 is 9.80 Å². The highest BCUT2D eigenvalue weighted by Gasteiger charge is 2.29. The number of aliphatic hydroxyl groups is 1. The lowest BCUT2D eigenvalue weighted by Gasteiger charge is -2.23. The number of hydrogen-bond donors (Lipinski definition) is 1. The first-order valence-electron chi connectivity index (χ1n) is 6.92. The molecule has 20 heavy (non-hydrogen) atoms. The third-order valence-corrected chi connectivity index (χ3v) is 3.64. The number of rotatable bonds is 5. The Kier molecular flexibility index (Phi) is 4.65. The maximum absolute atomic E-state index is 11.9. The summed E-state index contributed by atoms with van der Waals surface area (Å²) in [5.41, 5.74) is 1.93. The van der Waals surface area contributed by atoms with Crippen molar-refractivity contribution in [1.29, 1.82) is 0 Å². The molecule has 1 atom stereocenters. The van der Waals surface area contributed by atoms with Crippen LogP contribution in [-0.2, 0) is 4.79 Å². The number of likely N-dealkylation sites (N-methyl/N-ethyl adjacent to an activating group) is 1. The Morgan fingerprint density at radius 1 is 1.45 bits per heavy atom. The summed E-state index contributed by atoms with van der Waals surface area (Å²) in [6, 6.07) is 7.83. The van der Waals surface area contributed by atoms with Crippen molar-refractivity contribution >= 4 is 17.3 Å². The van der Waals surface area contributed by atoms with Crippen LogP contribution in [0.25, 0.3) is 0 Å². The summed E-state index contributed by atoms with van der Waals surface area (Å²) in [5, 5.41) is 9.03. The minimum absolute atomic E-state index is 0.0173. The van der Waals surface area contributed by atoms with Gasteiger partial charge in [0.2, 0.25) is 5.91 Å². The van der Waals surface area contributed by atoms with E-state index in [4.69, 9.17) is 11.5 Å². The SMILES string of the molecule is C#CC1CC(=O)N(c2ccc(N(CC)CCO)cc2)C1. The summed E-state index contributed by atoms with van der Waals surface area (Å²) in [7, 11) is 0. The minimum Gasteiger partial charge on any atom is -0.395 e. The lowest BCUT2D eigenvalue weighted by atomic mass is 10.1. The van der Waals surface area contributed by atoms with Crippen molar-refractivity contribution in [2.45, 2.75) is 13.3 Å². The van der Waals surface area contributed by atoms with Gasteiger partial charge in [0, 0.05) is 43.3 Å². The van der Waals surface area contributed by atoms with Crippen molar-refractivity contribution in [2.24, 2.45) is 5.92 Å². The van der Waals surface area contributed by atoms with Gasteiger partial charge in [0.05, 0.1) is 6.61 Å². The molecule has 0 aromatic heterocycles. The second kappa shape index (κ2) is 6.44. The largest absolute Gasteiger partial charge is 0.395 e. The summed E-state index contributed by atoms with van der Waals surface area (Å²) < 4.78 is 0. The number of nitrogens with zero attached hydrogens (tertiary/aromatic N) is 2. The van der Waals surface area contributed by atoms with Gasteiger partial charge in [-0.05, 0) is 31.2 Å². The molecule has 0 aliphatic carbocycles. The Balaban J connectivity index is 2.12. The number of anilines is 2. The first-order chi connectivity index (χ1) is 9.69. The molecule has 0 saturated carbocycles. The summed E-state index contributed by atoms with van der Waals surface area (Å²) in [4.78, 5) is 15.7. The lowest BCUT2D eigenvalue weighted by molar-refractivity contribution is -0.117. The Morgan fingerprint density at radius 2 is 2.15 bits per heavy atom. The van der Waals surface area contributed by atoms with Crippen molar-refractivity contribution in [3.63, 3.8) is 0 Å². The van der Waals surface area contributed by atoms with Gasteiger partial charge >= 0.3 is 0 Å². The van der Waals surface area contributed by atoms with E-state index in [0.717, 1.165) is 17.9 Å². The molecule has 1 aromatic rings. The second-order valence-corrected chi connectivity index (χ2v) is 4.89. The predicted molar refractivity (Wildman–Crippen MR) is 80.7 cm³/mol. The van der Waals surface area contributed by atoms with Crippen LogP contribution >= 0.6 is 0 Å². The molecular formula is C16H20N2O2. The average Bonchev–Trinajstić information content (AvgIpc) is 2.86. The molecule has 1 amide bonds. The van der Waals surface area contributed by atoms with E-state index in [1.807, 2.05) is 31.2 Å². The fourth-order valence-electron chi connectivity index (χ4n) is 2.50. The van der Waals surface area contributed by atoms with Gasteiger partial charge in [0.25, 0.3) is 0 Å². The van der Waals surface area contributed by atoms with Crippen LogP contribution in [0.15, 0.2) is 24.3 Å². The number of terminal acetylenes is 1. The van der Waals surface area contributed by atoms with Crippen LogP contribution in [0.4, 0.5) is 11.4 Å². The summed E-state index contributed by atoms with van der Waals surface area (Å²) in [5.74, 6) is 2.75. The van der Waals surface area contributed by atoms with E-state index in [1.165, 1.54) is 0 Å². The molecule has 106 valence electrons. The summed E-state index contributed by atoms with van der Waals surface area (Å²) in [6.07, 6.45) is 5.83. The standard InChI is InChI=1S/C16H20N2O2/c1-3-13-11-16(20)18(12-13)15-7-5-14(6-8-15)17(4-2)9-10-19/h1,5-8,13,19H,4,9-12H2,2H3. The van der Waals surface area contributed by atoms with Crippen molar-refractivity contribution in [1.82, 2.24) is 0 Å². The maximum Gasteiger partial charge on any atom is 0.228 e. The number of benzene rings is 1. The van der Waals surface area contributed by atoms with Gasteiger partial charge in [-0.2, -0.15) is 0 Å². The maximum atomic E-state index is 11.9. The molecule has 1 N–H and O–H groups in total. The fourth-order valence-corrected chi connectivity index (χ4v) is 2.50.